The lowest BCUT2D eigenvalue weighted by Gasteiger charge is -2.04. The molecule has 0 spiro atoms. The van der Waals surface area contributed by atoms with E-state index in [1.165, 1.54) is 29.7 Å². The number of nitrogens with zero attached hydrogens (tertiary/aromatic N) is 2. The number of thiazole rings is 1. The molecule has 2 N–H and O–H groups in total. The summed E-state index contributed by atoms with van der Waals surface area (Å²) in [4.78, 5) is 7.81. The summed E-state index contributed by atoms with van der Waals surface area (Å²) in [5.41, 5.74) is 1.31. The molecule has 0 amide bonds. The molecular formula is C10H11N3O3S2. The highest BCUT2D eigenvalue weighted by atomic mass is 32.2. The van der Waals surface area contributed by atoms with Crippen molar-refractivity contribution in [2.24, 2.45) is 0 Å². The monoisotopic (exact) mass is 285 g/mol. The van der Waals surface area contributed by atoms with E-state index in [1.807, 2.05) is 0 Å². The number of aryl methyl sites for hydroxylation is 1. The summed E-state index contributed by atoms with van der Waals surface area (Å²) in [6, 6.07) is 2.85. The van der Waals surface area contributed by atoms with Crippen molar-refractivity contribution in [3.63, 3.8) is 0 Å². The molecule has 2 rings (SSSR count). The molecule has 2 aromatic rings. The minimum atomic E-state index is -3.72. The Morgan fingerprint density at radius 3 is 2.72 bits per heavy atom. The van der Waals surface area contributed by atoms with Gasteiger partial charge < -0.3 is 5.11 Å². The molecule has 0 bridgehead atoms. The molecule has 2 aromatic heterocycles. The van der Waals surface area contributed by atoms with E-state index in [4.69, 9.17) is 5.11 Å². The summed E-state index contributed by atoms with van der Waals surface area (Å²) < 4.78 is 26.2. The molecule has 2 heterocycles. The van der Waals surface area contributed by atoms with Crippen LogP contribution in [0.15, 0.2) is 28.7 Å². The Labute approximate surface area is 108 Å². The molecule has 0 aliphatic heterocycles. The first-order valence-electron chi connectivity index (χ1n) is 5.02. The van der Waals surface area contributed by atoms with Gasteiger partial charge in [-0.3, -0.25) is 4.72 Å². The van der Waals surface area contributed by atoms with E-state index >= 15 is 0 Å². The summed E-state index contributed by atoms with van der Waals surface area (Å²) in [7, 11) is -3.72. The van der Waals surface area contributed by atoms with Crippen LogP contribution in [0.4, 0.5) is 5.13 Å². The van der Waals surface area contributed by atoms with E-state index in [1.54, 1.807) is 12.3 Å². The number of rotatable bonds is 4. The van der Waals surface area contributed by atoms with Gasteiger partial charge in [0.25, 0.3) is 10.0 Å². The lowest BCUT2D eigenvalue weighted by molar-refractivity contribution is 0.281. The maximum absolute atomic E-state index is 11.9. The van der Waals surface area contributed by atoms with Crippen LogP contribution in [-0.2, 0) is 16.6 Å². The molecule has 18 heavy (non-hydrogen) atoms. The van der Waals surface area contributed by atoms with E-state index in [0.29, 0.717) is 10.7 Å². The van der Waals surface area contributed by atoms with Gasteiger partial charge in [-0.1, -0.05) is 6.07 Å². The Bertz CT molecular complexity index is 635. The number of hydrogen-bond donors (Lipinski definition) is 2. The number of aromatic nitrogens is 2. The SMILES string of the molecule is Cc1csc(NS(=O)(=O)c2ccc(CO)cn2)n1. The van der Waals surface area contributed by atoms with Crippen molar-refractivity contribution >= 4 is 26.5 Å². The Morgan fingerprint density at radius 2 is 2.22 bits per heavy atom. The zero-order valence-electron chi connectivity index (χ0n) is 9.49. The Kier molecular flexibility index (Phi) is 3.60. The number of aliphatic hydroxyl groups excluding tert-OH is 1. The first-order valence-corrected chi connectivity index (χ1v) is 7.38. The molecule has 0 aromatic carbocycles. The fraction of sp³-hybridized carbons (Fsp3) is 0.200. The average Bonchev–Trinajstić information content (AvgIpc) is 2.74. The smallest absolute Gasteiger partial charge is 0.281 e. The number of pyridine rings is 1. The normalized spacial score (nSPS) is 11.4. The average molecular weight is 285 g/mol. The molecular weight excluding hydrogens is 274 g/mol. The number of sulfonamides is 1. The van der Waals surface area contributed by atoms with Crippen LogP contribution in [0, 0.1) is 6.92 Å². The van der Waals surface area contributed by atoms with E-state index in [0.717, 1.165) is 5.69 Å². The van der Waals surface area contributed by atoms with Crippen molar-refractivity contribution in [3.05, 3.63) is 35.0 Å². The number of nitrogens with one attached hydrogen (secondary N) is 1. The Balaban J connectivity index is 2.24. The van der Waals surface area contributed by atoms with Crippen LogP contribution in [-0.4, -0.2) is 23.5 Å². The lowest BCUT2D eigenvalue weighted by Crippen LogP contribution is -2.14. The van der Waals surface area contributed by atoms with E-state index < -0.39 is 10.0 Å². The van der Waals surface area contributed by atoms with Gasteiger partial charge in [0, 0.05) is 11.6 Å². The van der Waals surface area contributed by atoms with E-state index in [-0.39, 0.29) is 11.6 Å². The number of hydrogen-bond acceptors (Lipinski definition) is 6. The Hall–Kier alpha value is -1.51. The van der Waals surface area contributed by atoms with Gasteiger partial charge in [-0.05, 0) is 18.6 Å². The highest BCUT2D eigenvalue weighted by Crippen LogP contribution is 2.18. The first kappa shape index (κ1) is 12.9. The van der Waals surface area contributed by atoms with Crippen LogP contribution in [0.3, 0.4) is 0 Å². The molecule has 0 radical (unpaired) electrons. The third kappa shape index (κ3) is 2.84. The summed E-state index contributed by atoms with van der Waals surface area (Å²) in [6.45, 7) is 1.61. The van der Waals surface area contributed by atoms with Crippen molar-refractivity contribution in [1.29, 1.82) is 0 Å². The molecule has 0 unspecified atom stereocenters. The molecule has 0 atom stereocenters. The molecule has 96 valence electrons. The third-order valence-electron chi connectivity index (χ3n) is 2.10. The van der Waals surface area contributed by atoms with Gasteiger partial charge in [-0.15, -0.1) is 11.3 Å². The van der Waals surface area contributed by atoms with Crippen molar-refractivity contribution in [3.8, 4) is 0 Å². The fourth-order valence-electron chi connectivity index (χ4n) is 1.23. The summed E-state index contributed by atoms with van der Waals surface area (Å²) in [6.07, 6.45) is 1.32. The van der Waals surface area contributed by atoms with Crippen molar-refractivity contribution < 1.29 is 13.5 Å². The largest absolute Gasteiger partial charge is 0.392 e. The second-order valence-corrected chi connectivity index (χ2v) is 6.05. The van der Waals surface area contributed by atoms with Crippen molar-refractivity contribution in [2.45, 2.75) is 18.6 Å². The molecule has 0 fully saturated rings. The quantitative estimate of drug-likeness (QED) is 0.878. The summed E-state index contributed by atoms with van der Waals surface area (Å²) in [5, 5.41) is 10.8. The molecule has 6 nitrogen and oxygen atoms in total. The first-order chi connectivity index (χ1) is 8.51. The standard InChI is InChI=1S/C10H11N3O3S2/c1-7-6-17-10(12-7)13-18(15,16)9-3-2-8(5-14)4-11-9/h2-4,6,14H,5H2,1H3,(H,12,13). The van der Waals surface area contributed by atoms with Crippen LogP contribution < -0.4 is 4.72 Å². The van der Waals surface area contributed by atoms with Gasteiger partial charge in [0.15, 0.2) is 10.2 Å². The Morgan fingerprint density at radius 1 is 1.44 bits per heavy atom. The van der Waals surface area contributed by atoms with Gasteiger partial charge in [0.2, 0.25) is 0 Å². The number of aliphatic hydroxyl groups is 1. The minimum Gasteiger partial charge on any atom is -0.392 e. The highest BCUT2D eigenvalue weighted by Gasteiger charge is 2.17. The zero-order valence-corrected chi connectivity index (χ0v) is 11.1. The van der Waals surface area contributed by atoms with E-state index in [2.05, 4.69) is 14.7 Å². The van der Waals surface area contributed by atoms with Gasteiger partial charge in [-0.25, -0.2) is 9.97 Å². The van der Waals surface area contributed by atoms with Crippen molar-refractivity contribution in [2.75, 3.05) is 4.72 Å². The van der Waals surface area contributed by atoms with Gasteiger partial charge in [-0.2, -0.15) is 8.42 Å². The zero-order chi connectivity index (χ0) is 13.2. The van der Waals surface area contributed by atoms with Gasteiger partial charge >= 0.3 is 0 Å². The predicted molar refractivity (Wildman–Crippen MR) is 67.8 cm³/mol. The second-order valence-electron chi connectivity index (χ2n) is 3.56. The topological polar surface area (TPSA) is 92.2 Å². The van der Waals surface area contributed by atoms with Crippen LogP contribution in [0.1, 0.15) is 11.3 Å². The van der Waals surface area contributed by atoms with Gasteiger partial charge in [0.05, 0.1) is 12.3 Å². The fourth-order valence-corrected chi connectivity index (χ4v) is 3.10. The van der Waals surface area contributed by atoms with E-state index in [9.17, 15) is 8.42 Å². The second kappa shape index (κ2) is 5.01. The number of anilines is 1. The summed E-state index contributed by atoms with van der Waals surface area (Å²) >= 11 is 1.21. The molecule has 0 aliphatic rings. The molecule has 0 aliphatic carbocycles. The van der Waals surface area contributed by atoms with Gasteiger partial charge in [0.1, 0.15) is 0 Å². The maximum Gasteiger partial charge on any atom is 0.281 e. The maximum atomic E-state index is 11.9. The van der Waals surface area contributed by atoms with Crippen LogP contribution >= 0.6 is 11.3 Å². The van der Waals surface area contributed by atoms with Crippen LogP contribution in [0.5, 0.6) is 0 Å². The predicted octanol–water partition coefficient (Wildman–Crippen LogP) is 1.14. The summed E-state index contributed by atoms with van der Waals surface area (Å²) in [5.74, 6) is 0. The lowest BCUT2D eigenvalue weighted by atomic mass is 10.3. The van der Waals surface area contributed by atoms with Crippen LogP contribution in [0.25, 0.3) is 0 Å². The highest BCUT2D eigenvalue weighted by molar-refractivity contribution is 7.92. The molecule has 0 saturated carbocycles. The molecule has 8 heteroatoms. The molecule has 0 saturated heterocycles. The van der Waals surface area contributed by atoms with Crippen LogP contribution in [0.2, 0.25) is 0 Å². The minimum absolute atomic E-state index is 0.104. The third-order valence-corrected chi connectivity index (χ3v) is 4.36. The van der Waals surface area contributed by atoms with Crippen molar-refractivity contribution in [1.82, 2.24) is 9.97 Å².